The highest BCUT2D eigenvalue weighted by Crippen LogP contribution is 2.42. The Morgan fingerprint density at radius 2 is 1.93 bits per heavy atom. The second-order valence-corrected chi connectivity index (χ2v) is 8.44. The van der Waals surface area contributed by atoms with Crippen molar-refractivity contribution < 1.29 is 23.9 Å². The molecule has 156 valence electrons. The van der Waals surface area contributed by atoms with E-state index in [4.69, 9.17) is 4.74 Å². The molecule has 3 rings (SSSR count). The van der Waals surface area contributed by atoms with Gasteiger partial charge in [0.2, 0.25) is 0 Å². The van der Waals surface area contributed by atoms with Crippen molar-refractivity contribution >= 4 is 35.6 Å². The number of nitrogens with zero attached hydrogens (tertiary/aromatic N) is 2. The summed E-state index contributed by atoms with van der Waals surface area (Å²) in [4.78, 5) is 52.3. The van der Waals surface area contributed by atoms with Gasteiger partial charge in [0.05, 0.1) is 0 Å². The van der Waals surface area contributed by atoms with Crippen molar-refractivity contribution in [1.82, 2.24) is 15.1 Å². The molecule has 1 saturated carbocycles. The fraction of sp³-hybridized carbons (Fsp3) is 0.500. The molecule has 1 saturated heterocycles. The van der Waals surface area contributed by atoms with Crippen LogP contribution in [0.5, 0.6) is 0 Å². The van der Waals surface area contributed by atoms with Gasteiger partial charge in [0.15, 0.2) is 6.61 Å². The van der Waals surface area contributed by atoms with Gasteiger partial charge in [-0.3, -0.25) is 19.3 Å². The third-order valence-corrected chi connectivity index (χ3v) is 6.09. The maximum Gasteiger partial charge on any atom is 0.326 e. The lowest BCUT2D eigenvalue weighted by Crippen LogP contribution is -2.46. The minimum absolute atomic E-state index is 0.111. The fourth-order valence-corrected chi connectivity index (χ4v) is 3.73. The summed E-state index contributed by atoms with van der Waals surface area (Å²) in [5.74, 6) is -1.47. The molecule has 4 amide bonds. The van der Waals surface area contributed by atoms with Crippen LogP contribution in [-0.2, 0) is 25.7 Å². The molecule has 1 aromatic rings. The lowest BCUT2D eigenvalue weighted by Gasteiger charge is -2.21. The first-order valence-electron chi connectivity index (χ1n) is 9.41. The van der Waals surface area contributed by atoms with Crippen molar-refractivity contribution in [2.75, 3.05) is 26.5 Å². The zero-order valence-electron chi connectivity index (χ0n) is 16.8. The second-order valence-electron chi connectivity index (χ2n) is 7.56. The van der Waals surface area contributed by atoms with E-state index in [1.807, 2.05) is 30.5 Å². The number of likely N-dealkylation sites (N-methyl/N-ethyl adjacent to an activating group) is 1. The molecule has 1 heterocycles. The first-order valence-corrected chi connectivity index (χ1v) is 10.6. The number of carbonyl (C=O) groups is 4. The molecule has 0 radical (unpaired) electrons. The quantitative estimate of drug-likeness (QED) is 0.391. The topological polar surface area (TPSA) is 96.0 Å². The zero-order valence-corrected chi connectivity index (χ0v) is 17.6. The Labute approximate surface area is 173 Å². The van der Waals surface area contributed by atoms with Crippen molar-refractivity contribution in [2.45, 2.75) is 36.7 Å². The molecule has 0 bridgehead atoms. The normalized spacial score (nSPS) is 21.1. The highest BCUT2D eigenvalue weighted by molar-refractivity contribution is 7.98. The maximum atomic E-state index is 12.5. The summed E-state index contributed by atoms with van der Waals surface area (Å²) in [5, 5.41) is 2.67. The first-order chi connectivity index (χ1) is 13.7. The largest absolute Gasteiger partial charge is 0.454 e. The summed E-state index contributed by atoms with van der Waals surface area (Å²) in [7, 11) is 1.62. The molecule has 2 aliphatic rings. The second kappa shape index (κ2) is 8.44. The molecule has 0 spiro atoms. The van der Waals surface area contributed by atoms with Crippen LogP contribution in [0.2, 0.25) is 0 Å². The van der Waals surface area contributed by atoms with Crippen LogP contribution in [0.4, 0.5) is 4.79 Å². The predicted molar refractivity (Wildman–Crippen MR) is 107 cm³/mol. The lowest BCUT2D eigenvalue weighted by molar-refractivity contribution is -0.153. The Kier molecular flexibility index (Phi) is 6.16. The molecule has 9 heteroatoms. The van der Waals surface area contributed by atoms with E-state index in [0.29, 0.717) is 6.54 Å². The Bertz CT molecular complexity index is 824. The van der Waals surface area contributed by atoms with Gasteiger partial charge in [0.25, 0.3) is 11.8 Å². The average Bonchev–Trinajstić information content (AvgIpc) is 3.52. The standard InChI is InChI=1S/C20H25N3O5S/c1-20(14-6-7-14)18(26)23(19(27)21-20)11-17(25)28-12-16(24)22(2)10-13-4-8-15(29-3)9-5-13/h4-5,8-9,14H,6-7,10-12H2,1-3H3,(H,21,27)/t20-/m1/s1. The van der Waals surface area contributed by atoms with E-state index in [0.717, 1.165) is 28.2 Å². The molecule has 29 heavy (non-hydrogen) atoms. The molecule has 8 nitrogen and oxygen atoms in total. The van der Waals surface area contributed by atoms with Crippen LogP contribution in [0, 0.1) is 5.92 Å². The number of ether oxygens (including phenoxy) is 1. The SMILES string of the molecule is CSc1ccc(CN(C)C(=O)COC(=O)CN2C(=O)N[C@](C)(C3CC3)C2=O)cc1. The Hall–Kier alpha value is -2.55. The number of hydrogen-bond donors (Lipinski definition) is 1. The Balaban J connectivity index is 1.46. The van der Waals surface area contributed by atoms with E-state index < -0.39 is 36.6 Å². The third-order valence-electron chi connectivity index (χ3n) is 5.34. The molecule has 1 aliphatic carbocycles. The van der Waals surface area contributed by atoms with Gasteiger partial charge < -0.3 is 15.0 Å². The number of benzene rings is 1. The zero-order chi connectivity index (χ0) is 21.2. The van der Waals surface area contributed by atoms with E-state index >= 15 is 0 Å². The number of carbonyl (C=O) groups excluding carboxylic acids is 4. The van der Waals surface area contributed by atoms with E-state index in [9.17, 15) is 19.2 Å². The highest BCUT2D eigenvalue weighted by Gasteiger charge is 2.56. The lowest BCUT2D eigenvalue weighted by atomic mass is 9.96. The van der Waals surface area contributed by atoms with E-state index in [1.165, 1.54) is 4.90 Å². The number of thioether (sulfide) groups is 1. The van der Waals surface area contributed by atoms with E-state index in [1.54, 1.807) is 25.7 Å². The van der Waals surface area contributed by atoms with Crippen LogP contribution < -0.4 is 5.32 Å². The minimum Gasteiger partial charge on any atom is -0.454 e. The predicted octanol–water partition coefficient (Wildman–Crippen LogP) is 1.63. The maximum absolute atomic E-state index is 12.5. The van der Waals surface area contributed by atoms with Gasteiger partial charge >= 0.3 is 12.0 Å². The van der Waals surface area contributed by atoms with Gasteiger partial charge in [0, 0.05) is 18.5 Å². The summed E-state index contributed by atoms with van der Waals surface area (Å²) in [6, 6.07) is 7.24. The van der Waals surface area contributed by atoms with Gasteiger partial charge in [-0.25, -0.2) is 4.79 Å². The van der Waals surface area contributed by atoms with E-state index in [-0.39, 0.29) is 11.8 Å². The molecule has 0 aromatic heterocycles. The molecule has 2 fully saturated rings. The summed E-state index contributed by atoms with van der Waals surface area (Å²) in [6.45, 7) is 1.13. The smallest absolute Gasteiger partial charge is 0.326 e. The molecule has 1 N–H and O–H groups in total. The number of nitrogens with one attached hydrogen (secondary N) is 1. The van der Waals surface area contributed by atoms with Crippen LogP contribution in [0.15, 0.2) is 29.2 Å². The summed E-state index contributed by atoms with van der Waals surface area (Å²) < 4.78 is 4.99. The van der Waals surface area contributed by atoms with Crippen molar-refractivity contribution in [3.05, 3.63) is 29.8 Å². The summed E-state index contributed by atoms with van der Waals surface area (Å²) in [5.41, 5.74) is 0.0165. The molecule has 0 unspecified atom stereocenters. The average molecular weight is 420 g/mol. The minimum atomic E-state index is -0.945. The Morgan fingerprint density at radius 1 is 1.28 bits per heavy atom. The van der Waals surface area contributed by atoms with Crippen LogP contribution in [-0.4, -0.2) is 65.6 Å². The molecule has 1 aliphatic heterocycles. The van der Waals surface area contributed by atoms with Gasteiger partial charge in [-0.1, -0.05) is 12.1 Å². The third kappa shape index (κ3) is 4.72. The molecule has 1 atom stereocenters. The molecular weight excluding hydrogens is 394 g/mol. The summed E-state index contributed by atoms with van der Waals surface area (Å²) >= 11 is 1.64. The van der Waals surface area contributed by atoms with Crippen molar-refractivity contribution in [2.24, 2.45) is 5.92 Å². The monoisotopic (exact) mass is 419 g/mol. The number of imide groups is 1. The number of urea groups is 1. The van der Waals surface area contributed by atoms with Crippen LogP contribution in [0.3, 0.4) is 0 Å². The number of rotatable bonds is 8. The molecule has 1 aromatic carbocycles. The van der Waals surface area contributed by atoms with Crippen LogP contribution in [0.1, 0.15) is 25.3 Å². The molecular formula is C20H25N3O5S. The van der Waals surface area contributed by atoms with Crippen LogP contribution in [0.25, 0.3) is 0 Å². The highest BCUT2D eigenvalue weighted by atomic mass is 32.2. The Morgan fingerprint density at radius 3 is 2.52 bits per heavy atom. The van der Waals surface area contributed by atoms with E-state index in [2.05, 4.69) is 5.32 Å². The number of amides is 4. The fourth-order valence-electron chi connectivity index (χ4n) is 3.32. The van der Waals surface area contributed by atoms with Gasteiger partial charge in [-0.2, -0.15) is 0 Å². The first kappa shape index (κ1) is 21.2. The van der Waals surface area contributed by atoms with Gasteiger partial charge in [0.1, 0.15) is 12.1 Å². The van der Waals surface area contributed by atoms with Gasteiger partial charge in [-0.15, -0.1) is 11.8 Å². The van der Waals surface area contributed by atoms with Crippen molar-refractivity contribution in [3.63, 3.8) is 0 Å². The van der Waals surface area contributed by atoms with Crippen molar-refractivity contribution in [3.8, 4) is 0 Å². The summed E-state index contributed by atoms with van der Waals surface area (Å²) in [6.07, 6.45) is 3.74. The van der Waals surface area contributed by atoms with Crippen molar-refractivity contribution in [1.29, 1.82) is 0 Å². The number of esters is 1. The van der Waals surface area contributed by atoms with Crippen LogP contribution >= 0.6 is 11.8 Å². The number of hydrogen-bond acceptors (Lipinski definition) is 6. The van der Waals surface area contributed by atoms with Gasteiger partial charge in [-0.05, 0) is 49.6 Å².